The summed E-state index contributed by atoms with van der Waals surface area (Å²) in [7, 11) is 1.53. The first-order valence-electron chi connectivity index (χ1n) is 6.36. The Morgan fingerprint density at radius 2 is 1.85 bits per heavy atom. The molecule has 104 valence electrons. The number of ether oxygens (including phenoxy) is 1. The van der Waals surface area contributed by atoms with Crippen molar-refractivity contribution < 1.29 is 9.53 Å². The zero-order chi connectivity index (χ0) is 14.7. The number of benzene rings is 1. The zero-order valence-electron chi connectivity index (χ0n) is 11.8. The largest absolute Gasteiger partial charge is 0.496 e. The Kier molecular flexibility index (Phi) is 4.03. The van der Waals surface area contributed by atoms with Crippen LogP contribution in [0.15, 0.2) is 41.3 Å². The molecule has 0 aliphatic carbocycles. The summed E-state index contributed by atoms with van der Waals surface area (Å²) in [6, 6.07) is 8.72. The van der Waals surface area contributed by atoms with Gasteiger partial charge in [-0.05, 0) is 43.2 Å². The first kappa shape index (κ1) is 14.1. The van der Waals surface area contributed by atoms with Crippen LogP contribution in [-0.2, 0) is 6.54 Å². The van der Waals surface area contributed by atoms with E-state index in [0.29, 0.717) is 11.3 Å². The molecule has 0 bridgehead atoms. The van der Waals surface area contributed by atoms with Crippen LogP contribution >= 0.6 is 0 Å². The maximum atomic E-state index is 12.3. The highest BCUT2D eigenvalue weighted by Crippen LogP contribution is 2.20. The molecule has 0 fully saturated rings. The Labute approximate surface area is 117 Å². The molecule has 1 aromatic heterocycles. The number of nitrogens with zero attached hydrogens (tertiary/aromatic N) is 1. The lowest BCUT2D eigenvalue weighted by molar-refractivity contribution is 0.0968. The molecule has 2 rings (SSSR count). The third-order valence-corrected chi connectivity index (χ3v) is 3.12. The molecule has 0 radical (unpaired) electrons. The molecule has 4 heteroatoms. The second kappa shape index (κ2) is 5.74. The molecule has 0 aliphatic rings. The fourth-order valence-electron chi connectivity index (χ4n) is 2.01. The standard InChI is InChI=1S/C16H17NO3/c1-11-4-5-13(15(8-11)20-3)14(18)10-17-7-6-12(2)9-16(17)19/h4-9H,10H2,1-3H3. The van der Waals surface area contributed by atoms with Gasteiger partial charge in [-0.1, -0.05) is 6.07 Å². The van der Waals surface area contributed by atoms with Crippen LogP contribution in [0.5, 0.6) is 5.75 Å². The molecular formula is C16H17NO3. The summed E-state index contributed by atoms with van der Waals surface area (Å²) < 4.78 is 6.62. The van der Waals surface area contributed by atoms with E-state index in [1.165, 1.54) is 17.7 Å². The van der Waals surface area contributed by atoms with Crippen LogP contribution in [-0.4, -0.2) is 17.5 Å². The number of carbonyl (C=O) groups is 1. The van der Waals surface area contributed by atoms with Crippen molar-refractivity contribution in [3.05, 3.63) is 63.6 Å². The average molecular weight is 271 g/mol. The fourth-order valence-corrected chi connectivity index (χ4v) is 2.01. The van der Waals surface area contributed by atoms with E-state index in [2.05, 4.69) is 0 Å². The van der Waals surface area contributed by atoms with E-state index in [0.717, 1.165) is 11.1 Å². The molecular weight excluding hydrogens is 254 g/mol. The summed E-state index contributed by atoms with van der Waals surface area (Å²) in [6.45, 7) is 3.79. The van der Waals surface area contributed by atoms with Crippen molar-refractivity contribution in [3.63, 3.8) is 0 Å². The maximum absolute atomic E-state index is 12.3. The molecule has 20 heavy (non-hydrogen) atoms. The quantitative estimate of drug-likeness (QED) is 0.802. The molecule has 4 nitrogen and oxygen atoms in total. The molecule has 0 amide bonds. The summed E-state index contributed by atoms with van der Waals surface area (Å²) in [5, 5.41) is 0. The minimum Gasteiger partial charge on any atom is -0.496 e. The van der Waals surface area contributed by atoms with Gasteiger partial charge in [0.25, 0.3) is 5.56 Å². The molecule has 2 aromatic rings. The Bertz CT molecular complexity index is 701. The van der Waals surface area contributed by atoms with E-state index in [4.69, 9.17) is 4.74 Å². The molecule has 1 aromatic carbocycles. The monoisotopic (exact) mass is 271 g/mol. The maximum Gasteiger partial charge on any atom is 0.251 e. The van der Waals surface area contributed by atoms with Crippen molar-refractivity contribution in [2.75, 3.05) is 7.11 Å². The van der Waals surface area contributed by atoms with Gasteiger partial charge in [-0.25, -0.2) is 0 Å². The van der Waals surface area contributed by atoms with Crippen LogP contribution in [0.25, 0.3) is 0 Å². The van der Waals surface area contributed by atoms with E-state index in [-0.39, 0.29) is 17.9 Å². The number of rotatable bonds is 4. The lowest BCUT2D eigenvalue weighted by Gasteiger charge is -2.10. The number of hydrogen-bond acceptors (Lipinski definition) is 3. The summed E-state index contributed by atoms with van der Waals surface area (Å²) in [6.07, 6.45) is 1.64. The van der Waals surface area contributed by atoms with Crippen LogP contribution < -0.4 is 10.3 Å². The predicted octanol–water partition coefficient (Wildman–Crippen LogP) is 2.36. The summed E-state index contributed by atoms with van der Waals surface area (Å²) in [5.41, 5.74) is 2.22. The highest BCUT2D eigenvalue weighted by Gasteiger charge is 2.13. The topological polar surface area (TPSA) is 48.3 Å². The number of methoxy groups -OCH3 is 1. The average Bonchev–Trinajstić information content (AvgIpc) is 2.41. The molecule has 1 heterocycles. The van der Waals surface area contributed by atoms with Crippen molar-refractivity contribution in [1.29, 1.82) is 0 Å². The van der Waals surface area contributed by atoms with Crippen molar-refractivity contribution in [1.82, 2.24) is 4.57 Å². The van der Waals surface area contributed by atoms with Gasteiger partial charge in [-0.15, -0.1) is 0 Å². The number of pyridine rings is 1. The lowest BCUT2D eigenvalue weighted by atomic mass is 10.1. The van der Waals surface area contributed by atoms with Crippen molar-refractivity contribution in [2.45, 2.75) is 20.4 Å². The first-order valence-corrected chi connectivity index (χ1v) is 6.36. The van der Waals surface area contributed by atoms with Crippen LogP contribution in [0.4, 0.5) is 0 Å². The normalized spacial score (nSPS) is 10.3. The number of aromatic nitrogens is 1. The molecule has 0 saturated carbocycles. The zero-order valence-corrected chi connectivity index (χ0v) is 11.8. The highest BCUT2D eigenvalue weighted by atomic mass is 16.5. The van der Waals surface area contributed by atoms with E-state index >= 15 is 0 Å². The SMILES string of the molecule is COc1cc(C)ccc1C(=O)Cn1ccc(C)cc1=O. The van der Waals surface area contributed by atoms with Gasteiger partial charge in [0.15, 0.2) is 5.78 Å². The number of aryl methyl sites for hydroxylation is 2. The molecule has 0 unspecified atom stereocenters. The van der Waals surface area contributed by atoms with E-state index in [9.17, 15) is 9.59 Å². The predicted molar refractivity (Wildman–Crippen MR) is 77.5 cm³/mol. The van der Waals surface area contributed by atoms with Gasteiger partial charge in [0.1, 0.15) is 5.75 Å². The van der Waals surface area contributed by atoms with Crippen LogP contribution in [0.1, 0.15) is 21.5 Å². The summed E-state index contributed by atoms with van der Waals surface area (Å²) in [4.78, 5) is 24.1. The van der Waals surface area contributed by atoms with Gasteiger partial charge in [0, 0.05) is 12.3 Å². The minimum absolute atomic E-state index is 0.0124. The number of Topliss-reactive ketones (excluding diaryl/α,β-unsaturated/α-hetero) is 1. The van der Waals surface area contributed by atoms with Gasteiger partial charge in [-0.3, -0.25) is 9.59 Å². The third kappa shape index (κ3) is 2.96. The number of ketones is 1. The van der Waals surface area contributed by atoms with E-state index in [1.807, 2.05) is 26.0 Å². The second-order valence-corrected chi connectivity index (χ2v) is 4.80. The Morgan fingerprint density at radius 3 is 2.50 bits per heavy atom. The van der Waals surface area contributed by atoms with Crippen LogP contribution in [0, 0.1) is 13.8 Å². The van der Waals surface area contributed by atoms with E-state index in [1.54, 1.807) is 18.3 Å². The number of carbonyl (C=O) groups excluding carboxylic acids is 1. The van der Waals surface area contributed by atoms with Crippen molar-refractivity contribution >= 4 is 5.78 Å². The molecule has 0 atom stereocenters. The fraction of sp³-hybridized carbons (Fsp3) is 0.250. The third-order valence-electron chi connectivity index (χ3n) is 3.12. The van der Waals surface area contributed by atoms with Gasteiger partial charge in [-0.2, -0.15) is 0 Å². The van der Waals surface area contributed by atoms with Crippen LogP contribution in [0.2, 0.25) is 0 Å². The second-order valence-electron chi connectivity index (χ2n) is 4.80. The molecule has 0 spiro atoms. The van der Waals surface area contributed by atoms with Gasteiger partial charge in [0.05, 0.1) is 19.2 Å². The number of hydrogen-bond donors (Lipinski definition) is 0. The molecule has 0 saturated heterocycles. The lowest BCUT2D eigenvalue weighted by Crippen LogP contribution is -2.23. The van der Waals surface area contributed by atoms with Gasteiger partial charge >= 0.3 is 0 Å². The van der Waals surface area contributed by atoms with Crippen LogP contribution in [0.3, 0.4) is 0 Å². The first-order chi connectivity index (χ1) is 9.51. The molecule has 0 N–H and O–H groups in total. The van der Waals surface area contributed by atoms with Gasteiger partial charge < -0.3 is 9.30 Å². The minimum atomic E-state index is -0.176. The highest BCUT2D eigenvalue weighted by molar-refractivity contribution is 5.98. The summed E-state index contributed by atoms with van der Waals surface area (Å²) in [5.74, 6) is 0.392. The van der Waals surface area contributed by atoms with Crippen molar-refractivity contribution in [2.24, 2.45) is 0 Å². The Balaban J connectivity index is 2.30. The summed E-state index contributed by atoms with van der Waals surface area (Å²) >= 11 is 0. The smallest absolute Gasteiger partial charge is 0.251 e. The Morgan fingerprint density at radius 1 is 1.15 bits per heavy atom. The van der Waals surface area contributed by atoms with Crippen molar-refractivity contribution in [3.8, 4) is 5.75 Å². The Hall–Kier alpha value is -2.36. The molecule has 0 aliphatic heterocycles. The van der Waals surface area contributed by atoms with Gasteiger partial charge in [0.2, 0.25) is 0 Å². The van der Waals surface area contributed by atoms with E-state index < -0.39 is 0 Å².